The van der Waals surface area contributed by atoms with Gasteiger partial charge in [0.15, 0.2) is 14.3 Å². The topological polar surface area (TPSA) is 20.2 Å². The highest BCUT2D eigenvalue weighted by atomic mass is 35.5. The SMILES string of the molecule is Cc1ccc2c(c1)c1cc(Cl)ccc1[s+]2-c1ccc(CCO)cc1. The molecule has 0 aliphatic carbocycles. The van der Waals surface area contributed by atoms with Gasteiger partial charge < -0.3 is 5.11 Å². The van der Waals surface area contributed by atoms with Gasteiger partial charge in [0.1, 0.15) is 0 Å². The quantitative estimate of drug-likeness (QED) is 0.433. The average molecular weight is 354 g/mol. The van der Waals surface area contributed by atoms with Crippen molar-refractivity contribution in [2.45, 2.75) is 13.3 Å². The number of halogens is 1. The highest BCUT2D eigenvalue weighted by Crippen LogP contribution is 2.49. The number of rotatable bonds is 3. The fraction of sp³-hybridized carbons (Fsp3) is 0.143. The molecule has 4 aromatic rings. The van der Waals surface area contributed by atoms with Crippen LogP contribution in [-0.2, 0) is 6.42 Å². The summed E-state index contributed by atoms with van der Waals surface area (Å²) in [5, 5.41) is 12.4. The molecule has 0 bridgehead atoms. The maximum Gasteiger partial charge on any atom is 0.187 e. The van der Waals surface area contributed by atoms with E-state index in [9.17, 15) is 0 Å². The van der Waals surface area contributed by atoms with Gasteiger partial charge >= 0.3 is 0 Å². The predicted octanol–water partition coefficient (Wildman–Crippen LogP) is 6.23. The van der Waals surface area contributed by atoms with Crippen LogP contribution in [0.3, 0.4) is 0 Å². The summed E-state index contributed by atoms with van der Waals surface area (Å²) in [6, 6.07) is 21.6. The van der Waals surface area contributed by atoms with Crippen molar-refractivity contribution in [1.82, 2.24) is 0 Å². The van der Waals surface area contributed by atoms with Gasteiger partial charge in [-0.3, -0.25) is 0 Å². The molecule has 3 heteroatoms. The summed E-state index contributed by atoms with van der Waals surface area (Å²) in [6.45, 7) is 2.32. The number of aryl methyl sites for hydroxylation is 1. The third-order valence-electron chi connectivity index (χ3n) is 4.37. The molecular weight excluding hydrogens is 336 g/mol. The van der Waals surface area contributed by atoms with E-state index in [-0.39, 0.29) is 17.1 Å². The Morgan fingerprint density at radius 1 is 0.875 bits per heavy atom. The molecule has 1 aromatic heterocycles. The Balaban J connectivity index is 2.02. The Morgan fingerprint density at radius 3 is 2.25 bits per heavy atom. The zero-order valence-electron chi connectivity index (χ0n) is 13.4. The minimum atomic E-state index is -0.0904. The van der Waals surface area contributed by atoms with Crippen LogP contribution >= 0.6 is 22.1 Å². The number of aliphatic hydroxyl groups is 1. The van der Waals surface area contributed by atoms with Crippen LogP contribution in [0.4, 0.5) is 0 Å². The van der Waals surface area contributed by atoms with Crippen molar-refractivity contribution in [1.29, 1.82) is 0 Å². The molecule has 0 aliphatic heterocycles. The molecule has 120 valence electrons. The Bertz CT molecular complexity index is 972. The second-order valence-corrected chi connectivity index (χ2v) is 8.46. The summed E-state index contributed by atoms with van der Waals surface area (Å²) >= 11 is 6.26. The molecule has 1 heterocycles. The second-order valence-electron chi connectivity index (χ2n) is 6.06. The van der Waals surface area contributed by atoms with E-state index < -0.39 is 0 Å². The van der Waals surface area contributed by atoms with Gasteiger partial charge in [-0.15, -0.1) is 0 Å². The first-order valence-corrected chi connectivity index (χ1v) is 9.62. The monoisotopic (exact) mass is 353 g/mol. The number of fused-ring (bicyclic) bond motifs is 3. The number of hydrogen-bond donors (Lipinski definition) is 1. The first kappa shape index (κ1) is 15.6. The minimum Gasteiger partial charge on any atom is -0.396 e. The van der Waals surface area contributed by atoms with Crippen LogP contribution in [-0.4, -0.2) is 11.7 Å². The summed E-state index contributed by atoms with van der Waals surface area (Å²) in [5.74, 6) is 0. The highest BCUT2D eigenvalue weighted by molar-refractivity contribution is 7.50. The molecule has 0 aliphatic rings. The van der Waals surface area contributed by atoms with Crippen LogP contribution in [0.2, 0.25) is 5.02 Å². The summed E-state index contributed by atoms with van der Waals surface area (Å²) < 4.78 is 2.71. The molecule has 0 saturated carbocycles. The van der Waals surface area contributed by atoms with Crippen molar-refractivity contribution in [3.63, 3.8) is 0 Å². The molecule has 1 atom stereocenters. The van der Waals surface area contributed by atoms with Crippen LogP contribution in [0.5, 0.6) is 0 Å². The van der Waals surface area contributed by atoms with Gasteiger partial charge in [0, 0.05) is 38.9 Å². The first-order chi connectivity index (χ1) is 11.7. The van der Waals surface area contributed by atoms with Gasteiger partial charge in [0.25, 0.3) is 0 Å². The average Bonchev–Trinajstić information content (AvgIpc) is 2.89. The molecule has 0 spiro atoms. The molecule has 3 aromatic carbocycles. The summed E-state index contributed by atoms with van der Waals surface area (Å²) in [6.07, 6.45) is 0.704. The first-order valence-electron chi connectivity index (χ1n) is 8.02. The van der Waals surface area contributed by atoms with Crippen molar-refractivity contribution < 1.29 is 5.11 Å². The van der Waals surface area contributed by atoms with E-state index in [1.807, 2.05) is 6.07 Å². The lowest BCUT2D eigenvalue weighted by atomic mass is 10.1. The molecular formula is C21H18ClOS+. The fourth-order valence-corrected chi connectivity index (χ4v) is 5.73. The van der Waals surface area contributed by atoms with E-state index in [2.05, 4.69) is 61.5 Å². The largest absolute Gasteiger partial charge is 0.396 e. The zero-order chi connectivity index (χ0) is 16.7. The molecule has 1 N–H and O–H groups in total. The standard InChI is InChI=1S/C21H18ClOS/c1-14-2-8-20-18(12-14)19-13-16(22)5-9-21(19)24(20)17-6-3-15(4-7-17)10-11-23/h2-9,12-13,23H,10-11H2,1H3/q+1. The van der Waals surface area contributed by atoms with Crippen molar-refractivity contribution in [3.05, 3.63) is 76.8 Å². The summed E-state index contributed by atoms with van der Waals surface area (Å²) in [5.41, 5.74) is 2.44. The zero-order valence-corrected chi connectivity index (χ0v) is 15.0. The van der Waals surface area contributed by atoms with E-state index in [1.165, 1.54) is 36.2 Å². The predicted molar refractivity (Wildman–Crippen MR) is 106 cm³/mol. The molecule has 0 saturated heterocycles. The second kappa shape index (κ2) is 6.21. The molecule has 4 rings (SSSR count). The van der Waals surface area contributed by atoms with Gasteiger partial charge in [-0.25, -0.2) is 0 Å². The molecule has 0 amide bonds. The molecule has 0 fully saturated rings. The Hall–Kier alpha value is -1.87. The number of benzene rings is 3. The van der Waals surface area contributed by atoms with E-state index in [0.29, 0.717) is 6.42 Å². The van der Waals surface area contributed by atoms with Gasteiger partial charge in [0.2, 0.25) is 0 Å². The van der Waals surface area contributed by atoms with Gasteiger partial charge in [-0.1, -0.05) is 35.4 Å². The minimum absolute atomic E-state index is 0.0904. The van der Waals surface area contributed by atoms with Crippen LogP contribution in [0.25, 0.3) is 25.1 Å². The van der Waals surface area contributed by atoms with E-state index in [1.54, 1.807) is 0 Å². The van der Waals surface area contributed by atoms with Crippen molar-refractivity contribution in [2.75, 3.05) is 6.61 Å². The molecule has 0 radical (unpaired) electrons. The Kier molecular flexibility index (Phi) is 4.05. The maximum atomic E-state index is 9.10. The van der Waals surface area contributed by atoms with Gasteiger partial charge in [-0.2, -0.15) is 0 Å². The normalized spacial score (nSPS) is 12.2. The van der Waals surface area contributed by atoms with E-state index in [0.717, 1.165) is 5.02 Å². The number of thiophene rings is 1. The van der Waals surface area contributed by atoms with Crippen LogP contribution in [0, 0.1) is 6.92 Å². The smallest absolute Gasteiger partial charge is 0.187 e. The lowest BCUT2D eigenvalue weighted by Crippen LogP contribution is -1.89. The number of hydrogen-bond acceptors (Lipinski definition) is 1. The van der Waals surface area contributed by atoms with Gasteiger partial charge in [-0.05, 0) is 55.3 Å². The third kappa shape index (κ3) is 2.61. The third-order valence-corrected chi connectivity index (χ3v) is 6.94. The van der Waals surface area contributed by atoms with Crippen LogP contribution in [0.15, 0.2) is 60.7 Å². The fourth-order valence-electron chi connectivity index (χ4n) is 3.22. The highest BCUT2D eigenvalue weighted by Gasteiger charge is 2.23. The Morgan fingerprint density at radius 2 is 1.54 bits per heavy atom. The van der Waals surface area contributed by atoms with Gasteiger partial charge in [0.05, 0.1) is 0 Å². The maximum absolute atomic E-state index is 9.10. The Labute approximate surface area is 149 Å². The van der Waals surface area contributed by atoms with E-state index >= 15 is 0 Å². The van der Waals surface area contributed by atoms with E-state index in [4.69, 9.17) is 16.7 Å². The van der Waals surface area contributed by atoms with Crippen LogP contribution in [0.1, 0.15) is 11.1 Å². The molecule has 24 heavy (non-hydrogen) atoms. The number of aliphatic hydroxyl groups excluding tert-OH is 1. The molecule has 1 unspecified atom stereocenters. The summed E-state index contributed by atoms with van der Waals surface area (Å²) in [7, 11) is -0.0904. The van der Waals surface area contributed by atoms with Crippen molar-refractivity contribution >= 4 is 42.2 Å². The lowest BCUT2D eigenvalue weighted by Gasteiger charge is -1.98. The lowest BCUT2D eigenvalue weighted by molar-refractivity contribution is 0.299. The molecule has 1 nitrogen and oxygen atoms in total. The van der Waals surface area contributed by atoms with Crippen molar-refractivity contribution in [2.24, 2.45) is 0 Å². The van der Waals surface area contributed by atoms with Crippen molar-refractivity contribution in [3.8, 4) is 4.90 Å². The van der Waals surface area contributed by atoms with Crippen LogP contribution < -0.4 is 0 Å². The summed E-state index contributed by atoms with van der Waals surface area (Å²) in [4.78, 5) is 1.31.